The Morgan fingerprint density at radius 1 is 1.08 bits per heavy atom. The highest BCUT2D eigenvalue weighted by Crippen LogP contribution is 2.36. The maximum Gasteiger partial charge on any atom is 0.348 e. The normalized spacial score (nSPS) is 11.1. The fraction of sp³-hybridized carbons (Fsp3) is 0.172. The molecule has 184 valence electrons. The molecule has 0 saturated heterocycles. The number of carbonyl (C=O) groups is 1. The Kier molecular flexibility index (Phi) is 6.54. The van der Waals surface area contributed by atoms with Gasteiger partial charge in [-0.05, 0) is 47.5 Å². The summed E-state index contributed by atoms with van der Waals surface area (Å²) < 4.78 is 13.1. The highest BCUT2D eigenvalue weighted by atomic mass is 16.5. The Hall–Kier alpha value is -4.74. The molecule has 8 nitrogen and oxygen atoms in total. The van der Waals surface area contributed by atoms with Gasteiger partial charge in [-0.1, -0.05) is 37.3 Å². The third-order valence-electron chi connectivity index (χ3n) is 6.19. The van der Waals surface area contributed by atoms with Gasteiger partial charge >= 0.3 is 5.69 Å². The lowest BCUT2D eigenvalue weighted by Gasteiger charge is -2.10. The van der Waals surface area contributed by atoms with Crippen molar-refractivity contribution in [3.05, 3.63) is 82.8 Å². The first-order valence-electron chi connectivity index (χ1n) is 11.9. The molecule has 8 heteroatoms. The largest absolute Gasteiger partial charge is 0.452 e. The van der Waals surface area contributed by atoms with Gasteiger partial charge in [0.1, 0.15) is 16.8 Å². The third kappa shape index (κ3) is 4.60. The molecule has 0 aliphatic heterocycles. The number of anilines is 1. The van der Waals surface area contributed by atoms with Crippen LogP contribution in [0.2, 0.25) is 0 Å². The van der Waals surface area contributed by atoms with Gasteiger partial charge in [-0.3, -0.25) is 9.36 Å². The van der Waals surface area contributed by atoms with Gasteiger partial charge in [0.05, 0.1) is 24.8 Å². The first kappa shape index (κ1) is 24.0. The van der Waals surface area contributed by atoms with E-state index in [0.29, 0.717) is 58.8 Å². The second kappa shape index (κ2) is 10.1. The van der Waals surface area contributed by atoms with Crippen molar-refractivity contribution >= 4 is 33.7 Å². The van der Waals surface area contributed by atoms with Gasteiger partial charge in [-0.25, -0.2) is 4.79 Å². The SMILES string of the molecule is CCC(=O)Nc1ccc(-c2nc(=O)n(CCOC)c3c2oc2ccc(-c4cccc(C#N)c4)cc23)cc1. The standard InChI is InChI=1S/C29H24N4O4/c1-3-25(34)31-22-10-7-19(8-11-22)26-28-27(33(13-14-36-2)29(35)32-26)23-16-21(9-12-24(23)37-28)20-6-4-5-18(15-20)17-30/h4-12,15-16H,3,13-14H2,1-2H3,(H,31,34). The van der Waals surface area contributed by atoms with E-state index < -0.39 is 5.69 Å². The van der Waals surface area contributed by atoms with Crippen molar-refractivity contribution < 1.29 is 13.9 Å². The van der Waals surface area contributed by atoms with E-state index in [4.69, 9.17) is 9.15 Å². The number of methoxy groups -OCH3 is 1. The Bertz CT molecular complexity index is 1730. The smallest absolute Gasteiger partial charge is 0.348 e. The molecule has 0 spiro atoms. The average molecular weight is 493 g/mol. The molecule has 1 amide bonds. The second-order valence-electron chi connectivity index (χ2n) is 8.55. The highest BCUT2D eigenvalue weighted by Gasteiger charge is 2.20. The Morgan fingerprint density at radius 2 is 1.84 bits per heavy atom. The number of nitrogens with one attached hydrogen (secondary N) is 1. The summed E-state index contributed by atoms with van der Waals surface area (Å²) in [6.07, 6.45) is 0.380. The molecule has 0 atom stereocenters. The third-order valence-corrected chi connectivity index (χ3v) is 6.19. The molecule has 0 aliphatic carbocycles. The van der Waals surface area contributed by atoms with E-state index in [-0.39, 0.29) is 5.91 Å². The first-order chi connectivity index (χ1) is 18.0. The van der Waals surface area contributed by atoms with Crippen LogP contribution in [0.3, 0.4) is 0 Å². The molecule has 0 unspecified atom stereocenters. The molecule has 2 heterocycles. The fourth-order valence-corrected chi connectivity index (χ4v) is 4.31. The molecular weight excluding hydrogens is 468 g/mol. The number of fused-ring (bicyclic) bond motifs is 3. The summed E-state index contributed by atoms with van der Waals surface area (Å²) in [5.74, 6) is -0.0811. The number of furan rings is 1. The number of rotatable bonds is 7. The van der Waals surface area contributed by atoms with Gasteiger partial charge in [0, 0.05) is 30.2 Å². The van der Waals surface area contributed by atoms with Crippen molar-refractivity contribution in [3.63, 3.8) is 0 Å². The average Bonchev–Trinajstić information content (AvgIpc) is 3.31. The molecule has 0 saturated carbocycles. The van der Waals surface area contributed by atoms with Crippen LogP contribution in [-0.2, 0) is 16.1 Å². The number of nitrogens with zero attached hydrogens (tertiary/aromatic N) is 3. The van der Waals surface area contributed by atoms with E-state index in [2.05, 4.69) is 16.4 Å². The van der Waals surface area contributed by atoms with Gasteiger partial charge in [0.25, 0.3) is 0 Å². The molecule has 0 aliphatic rings. The molecule has 5 rings (SSSR count). The van der Waals surface area contributed by atoms with Gasteiger partial charge in [0.15, 0.2) is 5.58 Å². The lowest BCUT2D eigenvalue weighted by atomic mass is 10.0. The lowest BCUT2D eigenvalue weighted by Crippen LogP contribution is -2.25. The number of nitriles is 1. The number of hydrogen-bond acceptors (Lipinski definition) is 6. The van der Waals surface area contributed by atoms with E-state index in [1.54, 1.807) is 48.9 Å². The van der Waals surface area contributed by atoms with Gasteiger partial charge in [-0.2, -0.15) is 10.2 Å². The second-order valence-corrected chi connectivity index (χ2v) is 8.55. The zero-order chi connectivity index (χ0) is 25.9. The van der Waals surface area contributed by atoms with Crippen LogP contribution in [0.4, 0.5) is 5.69 Å². The van der Waals surface area contributed by atoms with Crippen LogP contribution in [0.5, 0.6) is 0 Å². The number of benzene rings is 3. The fourth-order valence-electron chi connectivity index (χ4n) is 4.31. The predicted octanol–water partition coefficient (Wildman–Crippen LogP) is 5.34. The number of aromatic nitrogens is 2. The highest BCUT2D eigenvalue weighted by molar-refractivity contribution is 6.08. The summed E-state index contributed by atoms with van der Waals surface area (Å²) in [7, 11) is 1.58. The van der Waals surface area contributed by atoms with Crippen molar-refractivity contribution in [2.45, 2.75) is 19.9 Å². The van der Waals surface area contributed by atoms with E-state index in [1.165, 1.54) is 0 Å². The molecule has 0 fully saturated rings. The minimum Gasteiger partial charge on any atom is -0.452 e. The molecule has 0 bridgehead atoms. The van der Waals surface area contributed by atoms with Gasteiger partial charge in [-0.15, -0.1) is 0 Å². The number of amides is 1. The van der Waals surface area contributed by atoms with E-state index >= 15 is 0 Å². The molecule has 2 aromatic heterocycles. The van der Waals surface area contributed by atoms with Crippen LogP contribution in [0.15, 0.2) is 75.9 Å². The molecule has 5 aromatic rings. The summed E-state index contributed by atoms with van der Waals surface area (Å²) in [6.45, 7) is 2.43. The first-order valence-corrected chi connectivity index (χ1v) is 11.9. The number of carbonyl (C=O) groups excluding carboxylic acids is 1. The van der Waals surface area contributed by atoms with Crippen molar-refractivity contribution in [3.8, 4) is 28.5 Å². The quantitative estimate of drug-likeness (QED) is 0.328. The topological polar surface area (TPSA) is 110 Å². The summed E-state index contributed by atoms with van der Waals surface area (Å²) in [6, 6.07) is 22.4. The van der Waals surface area contributed by atoms with Crippen LogP contribution >= 0.6 is 0 Å². The lowest BCUT2D eigenvalue weighted by molar-refractivity contribution is -0.115. The summed E-state index contributed by atoms with van der Waals surface area (Å²) in [5, 5.41) is 12.9. The monoisotopic (exact) mass is 492 g/mol. The summed E-state index contributed by atoms with van der Waals surface area (Å²) in [4.78, 5) is 29.3. The molecular formula is C29H24N4O4. The molecule has 3 aromatic carbocycles. The van der Waals surface area contributed by atoms with Gasteiger partial charge < -0.3 is 14.5 Å². The van der Waals surface area contributed by atoms with Crippen molar-refractivity contribution in [2.24, 2.45) is 0 Å². The maximum absolute atomic E-state index is 13.2. The van der Waals surface area contributed by atoms with Crippen molar-refractivity contribution in [1.82, 2.24) is 9.55 Å². The van der Waals surface area contributed by atoms with Crippen molar-refractivity contribution in [2.75, 3.05) is 19.0 Å². The molecule has 0 radical (unpaired) electrons. The van der Waals surface area contributed by atoms with E-state index in [9.17, 15) is 14.9 Å². The van der Waals surface area contributed by atoms with Crippen LogP contribution in [0.1, 0.15) is 18.9 Å². The molecule has 1 N–H and O–H groups in total. The summed E-state index contributed by atoms with van der Waals surface area (Å²) >= 11 is 0. The zero-order valence-corrected chi connectivity index (χ0v) is 20.4. The van der Waals surface area contributed by atoms with E-state index in [0.717, 1.165) is 16.5 Å². The Morgan fingerprint density at radius 3 is 2.57 bits per heavy atom. The Balaban J connectivity index is 1.71. The zero-order valence-electron chi connectivity index (χ0n) is 20.4. The van der Waals surface area contributed by atoms with Crippen LogP contribution < -0.4 is 11.0 Å². The predicted molar refractivity (Wildman–Crippen MR) is 142 cm³/mol. The van der Waals surface area contributed by atoms with Crippen LogP contribution in [-0.4, -0.2) is 29.2 Å². The van der Waals surface area contributed by atoms with E-state index in [1.807, 2.05) is 36.4 Å². The maximum atomic E-state index is 13.2. The van der Waals surface area contributed by atoms with Crippen LogP contribution in [0.25, 0.3) is 44.5 Å². The Labute approximate surface area is 212 Å². The van der Waals surface area contributed by atoms with Gasteiger partial charge in [0.2, 0.25) is 5.91 Å². The van der Waals surface area contributed by atoms with Crippen molar-refractivity contribution in [1.29, 1.82) is 5.26 Å². The van der Waals surface area contributed by atoms with Crippen LogP contribution in [0, 0.1) is 11.3 Å². The minimum absolute atomic E-state index is 0.0811. The minimum atomic E-state index is -0.414. The number of ether oxygens (including phenoxy) is 1. The number of hydrogen-bond donors (Lipinski definition) is 1. The molecule has 37 heavy (non-hydrogen) atoms. The summed E-state index contributed by atoms with van der Waals surface area (Å²) in [5.41, 5.74) is 5.44.